The number of carbonyl (C=O) groups is 1. The van der Waals surface area contributed by atoms with Gasteiger partial charge in [0.1, 0.15) is 11.5 Å². The Hall–Kier alpha value is -1.23. The first-order chi connectivity index (χ1) is 9.19. The lowest BCUT2D eigenvalue weighted by Crippen LogP contribution is -2.34. The zero-order valence-corrected chi connectivity index (χ0v) is 12.8. The van der Waals surface area contributed by atoms with Crippen LogP contribution < -0.4 is 9.47 Å². The fourth-order valence-electron chi connectivity index (χ4n) is 2.02. The highest BCUT2D eigenvalue weighted by Crippen LogP contribution is 2.30. The molecule has 0 aliphatic heterocycles. The smallest absolute Gasteiger partial charge is 0.254 e. The number of carbonyl (C=O) groups excluding carboxylic acids is 1. The summed E-state index contributed by atoms with van der Waals surface area (Å²) in [6, 6.07) is 5.67. The Morgan fingerprint density at radius 2 is 1.84 bits per heavy atom. The molecule has 0 unspecified atom stereocenters. The predicted octanol–water partition coefficient (Wildman–Crippen LogP) is 2.70. The topological polar surface area (TPSA) is 38.8 Å². The quantitative estimate of drug-likeness (QED) is 0.754. The second-order valence-electron chi connectivity index (χ2n) is 4.52. The van der Waals surface area contributed by atoms with E-state index in [2.05, 4.69) is 15.9 Å². The van der Waals surface area contributed by atoms with Gasteiger partial charge in [-0.05, 0) is 25.0 Å². The molecule has 0 radical (unpaired) electrons. The minimum absolute atomic E-state index is 0.0409. The monoisotopic (exact) mass is 327 g/mol. The molecule has 2 rings (SSSR count). The highest BCUT2D eigenvalue weighted by molar-refractivity contribution is 9.09. The number of halogens is 1. The molecule has 19 heavy (non-hydrogen) atoms. The Morgan fingerprint density at radius 3 is 2.26 bits per heavy atom. The number of alkyl halides is 1. The van der Waals surface area contributed by atoms with Crippen molar-refractivity contribution >= 4 is 21.8 Å². The fourth-order valence-corrected chi connectivity index (χ4v) is 2.41. The van der Waals surface area contributed by atoms with Crippen LogP contribution in [0.5, 0.6) is 11.5 Å². The first-order valence-corrected chi connectivity index (χ1v) is 7.41. The number of amides is 1. The third-order valence-corrected chi connectivity index (χ3v) is 3.53. The Bertz CT molecular complexity index is 438. The van der Waals surface area contributed by atoms with Gasteiger partial charge in [0, 0.05) is 29.5 Å². The third kappa shape index (κ3) is 3.41. The summed E-state index contributed by atoms with van der Waals surface area (Å²) in [7, 11) is 3.17. The van der Waals surface area contributed by atoms with Crippen molar-refractivity contribution in [2.75, 3.05) is 26.1 Å². The molecule has 1 amide bonds. The summed E-state index contributed by atoms with van der Waals surface area (Å²) in [6.45, 7) is 0.725. The van der Waals surface area contributed by atoms with Gasteiger partial charge in [-0.3, -0.25) is 4.79 Å². The lowest BCUT2D eigenvalue weighted by Gasteiger charge is -2.22. The molecule has 1 aliphatic rings. The molecule has 0 saturated heterocycles. The molecule has 0 aromatic heterocycles. The Labute approximate surface area is 121 Å². The van der Waals surface area contributed by atoms with E-state index in [1.54, 1.807) is 32.4 Å². The number of hydrogen-bond donors (Lipinski definition) is 0. The minimum Gasteiger partial charge on any atom is -0.497 e. The van der Waals surface area contributed by atoms with Gasteiger partial charge < -0.3 is 14.4 Å². The molecular weight excluding hydrogens is 310 g/mol. The molecule has 1 fully saturated rings. The summed E-state index contributed by atoms with van der Waals surface area (Å²) in [5.74, 6) is 1.31. The molecule has 0 spiro atoms. The second-order valence-corrected chi connectivity index (χ2v) is 5.31. The standard InChI is InChI=1S/C14H18BrNO3/c1-18-12-7-10(8-13(9-12)19-2)14(17)16(6-5-15)11-3-4-11/h7-9,11H,3-6H2,1-2H3. The number of hydrogen-bond acceptors (Lipinski definition) is 3. The van der Waals surface area contributed by atoms with Gasteiger partial charge in [-0.25, -0.2) is 0 Å². The van der Waals surface area contributed by atoms with Crippen molar-refractivity contribution < 1.29 is 14.3 Å². The van der Waals surface area contributed by atoms with E-state index < -0.39 is 0 Å². The van der Waals surface area contributed by atoms with Crippen LogP contribution in [0.2, 0.25) is 0 Å². The molecule has 1 saturated carbocycles. The van der Waals surface area contributed by atoms with Crippen LogP contribution in [-0.2, 0) is 0 Å². The van der Waals surface area contributed by atoms with Gasteiger partial charge >= 0.3 is 0 Å². The van der Waals surface area contributed by atoms with Crippen LogP contribution in [0.25, 0.3) is 0 Å². The number of nitrogens with zero attached hydrogens (tertiary/aromatic N) is 1. The lowest BCUT2D eigenvalue weighted by atomic mass is 10.1. The highest BCUT2D eigenvalue weighted by Gasteiger charge is 2.32. The van der Waals surface area contributed by atoms with E-state index in [1.165, 1.54) is 0 Å². The molecule has 1 aromatic carbocycles. The molecule has 1 aliphatic carbocycles. The SMILES string of the molecule is COc1cc(OC)cc(C(=O)N(CCBr)C2CC2)c1. The molecule has 104 valence electrons. The number of methoxy groups -OCH3 is 2. The van der Waals surface area contributed by atoms with Crippen molar-refractivity contribution in [3.05, 3.63) is 23.8 Å². The van der Waals surface area contributed by atoms with Crippen LogP contribution in [0.4, 0.5) is 0 Å². The number of rotatable bonds is 6. The van der Waals surface area contributed by atoms with Crippen molar-refractivity contribution in [2.45, 2.75) is 18.9 Å². The Morgan fingerprint density at radius 1 is 1.26 bits per heavy atom. The van der Waals surface area contributed by atoms with Gasteiger partial charge in [0.25, 0.3) is 5.91 Å². The van der Waals surface area contributed by atoms with E-state index in [4.69, 9.17) is 9.47 Å². The van der Waals surface area contributed by atoms with E-state index >= 15 is 0 Å². The maximum atomic E-state index is 12.5. The molecule has 0 N–H and O–H groups in total. The van der Waals surface area contributed by atoms with Crippen LogP contribution in [0.1, 0.15) is 23.2 Å². The average Bonchev–Trinajstić information content (AvgIpc) is 3.27. The predicted molar refractivity (Wildman–Crippen MR) is 77.4 cm³/mol. The summed E-state index contributed by atoms with van der Waals surface area (Å²) in [4.78, 5) is 14.5. The second kappa shape index (κ2) is 6.28. The molecule has 0 bridgehead atoms. The largest absolute Gasteiger partial charge is 0.497 e. The van der Waals surface area contributed by atoms with E-state index in [-0.39, 0.29) is 5.91 Å². The van der Waals surface area contributed by atoms with Gasteiger partial charge in [-0.15, -0.1) is 0 Å². The minimum atomic E-state index is 0.0409. The summed E-state index contributed by atoms with van der Waals surface area (Å²) < 4.78 is 10.4. The first-order valence-electron chi connectivity index (χ1n) is 6.29. The Kier molecular flexibility index (Phi) is 4.69. The van der Waals surface area contributed by atoms with Crippen molar-refractivity contribution in [2.24, 2.45) is 0 Å². The molecule has 0 atom stereocenters. The summed E-state index contributed by atoms with van der Waals surface area (Å²) in [5.41, 5.74) is 0.615. The molecule has 1 aromatic rings. The van der Waals surface area contributed by atoms with Crippen LogP contribution in [-0.4, -0.2) is 42.9 Å². The molecule has 5 heteroatoms. The molecule has 4 nitrogen and oxygen atoms in total. The highest BCUT2D eigenvalue weighted by atomic mass is 79.9. The molecular formula is C14H18BrNO3. The Balaban J connectivity index is 2.25. The van der Waals surface area contributed by atoms with Crippen LogP contribution in [0.3, 0.4) is 0 Å². The normalized spacial score (nSPS) is 14.1. The number of benzene rings is 1. The zero-order valence-electron chi connectivity index (χ0n) is 11.2. The summed E-state index contributed by atoms with van der Waals surface area (Å²) in [5, 5.41) is 0.788. The van der Waals surface area contributed by atoms with Crippen LogP contribution in [0, 0.1) is 0 Å². The fraction of sp³-hybridized carbons (Fsp3) is 0.500. The van der Waals surface area contributed by atoms with Crippen molar-refractivity contribution in [1.82, 2.24) is 4.90 Å². The van der Waals surface area contributed by atoms with Crippen LogP contribution in [0.15, 0.2) is 18.2 Å². The van der Waals surface area contributed by atoms with Gasteiger partial charge in [-0.1, -0.05) is 15.9 Å². The van der Waals surface area contributed by atoms with E-state index in [1.807, 2.05) is 4.90 Å². The van der Waals surface area contributed by atoms with Gasteiger partial charge in [0.05, 0.1) is 14.2 Å². The average molecular weight is 328 g/mol. The van der Waals surface area contributed by atoms with E-state index in [0.29, 0.717) is 23.1 Å². The van der Waals surface area contributed by atoms with Gasteiger partial charge in [0.15, 0.2) is 0 Å². The van der Waals surface area contributed by atoms with Crippen molar-refractivity contribution in [3.63, 3.8) is 0 Å². The van der Waals surface area contributed by atoms with Crippen LogP contribution >= 0.6 is 15.9 Å². The van der Waals surface area contributed by atoms with Gasteiger partial charge in [0.2, 0.25) is 0 Å². The first kappa shape index (κ1) is 14.2. The lowest BCUT2D eigenvalue weighted by molar-refractivity contribution is 0.0754. The maximum absolute atomic E-state index is 12.5. The summed E-state index contributed by atoms with van der Waals surface area (Å²) in [6.07, 6.45) is 2.19. The van der Waals surface area contributed by atoms with Crippen molar-refractivity contribution in [1.29, 1.82) is 0 Å². The summed E-state index contributed by atoms with van der Waals surface area (Å²) >= 11 is 3.40. The maximum Gasteiger partial charge on any atom is 0.254 e. The van der Waals surface area contributed by atoms with E-state index in [9.17, 15) is 4.79 Å². The third-order valence-electron chi connectivity index (χ3n) is 3.17. The van der Waals surface area contributed by atoms with Crippen molar-refractivity contribution in [3.8, 4) is 11.5 Å². The number of ether oxygens (including phenoxy) is 2. The van der Waals surface area contributed by atoms with E-state index in [0.717, 1.165) is 24.7 Å². The van der Waals surface area contributed by atoms with Gasteiger partial charge in [-0.2, -0.15) is 0 Å². The zero-order chi connectivity index (χ0) is 13.8. The molecule has 0 heterocycles.